The fraction of sp³-hybridized carbons (Fsp3) is 0.200. The monoisotopic (exact) mass is 241 g/mol. The molecule has 0 spiro atoms. The zero-order chi connectivity index (χ0) is 11.0. The lowest BCUT2D eigenvalue weighted by atomic mass is 10.4. The van der Waals surface area contributed by atoms with E-state index < -0.39 is 0 Å². The van der Waals surface area contributed by atoms with Gasteiger partial charge in [0.25, 0.3) is 0 Å². The van der Waals surface area contributed by atoms with Crippen molar-refractivity contribution in [3.8, 4) is 11.5 Å². The molecule has 0 aliphatic heterocycles. The Morgan fingerprint density at radius 3 is 2.20 bits per heavy atom. The van der Waals surface area contributed by atoms with E-state index in [0.29, 0.717) is 16.1 Å². The molecular formula is C10H9Cl2N3. The van der Waals surface area contributed by atoms with Crippen molar-refractivity contribution in [2.24, 2.45) is 7.05 Å². The van der Waals surface area contributed by atoms with Crippen LogP contribution in [0.5, 0.6) is 0 Å². The van der Waals surface area contributed by atoms with Crippen LogP contribution in [0.4, 0.5) is 0 Å². The average Bonchev–Trinajstić information content (AvgIpc) is 2.46. The third kappa shape index (κ3) is 1.98. The van der Waals surface area contributed by atoms with Crippen LogP contribution in [0.25, 0.3) is 11.5 Å². The topological polar surface area (TPSA) is 30.7 Å². The van der Waals surface area contributed by atoms with Gasteiger partial charge in [-0.15, -0.1) is 0 Å². The third-order valence-electron chi connectivity index (χ3n) is 2.27. The highest BCUT2D eigenvalue weighted by Crippen LogP contribution is 2.21. The number of hydrogen-bond donors (Lipinski definition) is 0. The lowest BCUT2D eigenvalue weighted by Gasteiger charge is -2.04. The van der Waals surface area contributed by atoms with Gasteiger partial charge in [-0.2, -0.15) is 0 Å². The molecular weight excluding hydrogens is 233 g/mol. The van der Waals surface area contributed by atoms with Crippen molar-refractivity contribution in [2.45, 2.75) is 6.92 Å². The second-order valence-electron chi connectivity index (χ2n) is 3.26. The molecule has 0 radical (unpaired) electrons. The second kappa shape index (κ2) is 3.83. The highest BCUT2D eigenvalue weighted by Gasteiger charge is 2.09. The van der Waals surface area contributed by atoms with E-state index in [4.69, 9.17) is 23.2 Å². The van der Waals surface area contributed by atoms with E-state index in [0.717, 1.165) is 11.4 Å². The minimum Gasteiger partial charge on any atom is -0.345 e. The quantitative estimate of drug-likeness (QED) is 0.719. The Bertz CT molecular complexity index is 485. The standard InChI is InChI=1S/C10H9Cl2N3/c1-6-3-4-7(15(6)2)10-13-8(11)5-9(12)14-10/h3-5H,1-2H3. The van der Waals surface area contributed by atoms with Crippen molar-refractivity contribution in [3.63, 3.8) is 0 Å². The van der Waals surface area contributed by atoms with E-state index in [1.807, 2.05) is 30.7 Å². The number of halogens is 2. The first-order chi connectivity index (χ1) is 7.08. The molecule has 0 saturated carbocycles. The van der Waals surface area contributed by atoms with E-state index in [2.05, 4.69) is 9.97 Å². The Balaban J connectivity index is 2.58. The molecule has 3 nitrogen and oxygen atoms in total. The molecule has 78 valence electrons. The number of rotatable bonds is 1. The van der Waals surface area contributed by atoms with Gasteiger partial charge in [0, 0.05) is 18.8 Å². The SMILES string of the molecule is Cc1ccc(-c2nc(Cl)cc(Cl)n2)n1C. The summed E-state index contributed by atoms with van der Waals surface area (Å²) in [6, 6.07) is 5.45. The van der Waals surface area contributed by atoms with Gasteiger partial charge >= 0.3 is 0 Å². The number of aromatic nitrogens is 3. The molecule has 5 heteroatoms. The molecule has 0 aromatic carbocycles. The van der Waals surface area contributed by atoms with Crippen molar-refractivity contribution < 1.29 is 0 Å². The van der Waals surface area contributed by atoms with Gasteiger partial charge in [-0.1, -0.05) is 23.2 Å². The van der Waals surface area contributed by atoms with E-state index >= 15 is 0 Å². The highest BCUT2D eigenvalue weighted by molar-refractivity contribution is 6.33. The summed E-state index contributed by atoms with van der Waals surface area (Å²) in [5, 5.41) is 0.702. The lowest BCUT2D eigenvalue weighted by molar-refractivity contribution is 0.879. The fourth-order valence-electron chi connectivity index (χ4n) is 1.34. The first kappa shape index (κ1) is 10.5. The highest BCUT2D eigenvalue weighted by atomic mass is 35.5. The first-order valence-electron chi connectivity index (χ1n) is 4.40. The van der Waals surface area contributed by atoms with Crippen LogP contribution in [0.15, 0.2) is 18.2 Å². The molecule has 0 fully saturated rings. The molecule has 0 N–H and O–H groups in total. The zero-order valence-corrected chi connectivity index (χ0v) is 9.84. The van der Waals surface area contributed by atoms with E-state index in [1.165, 1.54) is 6.07 Å². The predicted molar refractivity (Wildman–Crippen MR) is 61.2 cm³/mol. The van der Waals surface area contributed by atoms with E-state index in [9.17, 15) is 0 Å². The van der Waals surface area contributed by atoms with Gasteiger partial charge in [0.15, 0.2) is 5.82 Å². The first-order valence-corrected chi connectivity index (χ1v) is 5.16. The molecule has 2 aromatic heterocycles. The molecule has 0 unspecified atom stereocenters. The molecule has 0 bridgehead atoms. The van der Waals surface area contributed by atoms with Crippen LogP contribution in [0, 0.1) is 6.92 Å². The molecule has 0 aliphatic rings. The minimum absolute atomic E-state index is 0.351. The van der Waals surface area contributed by atoms with Crippen LogP contribution in [0.3, 0.4) is 0 Å². The van der Waals surface area contributed by atoms with Gasteiger partial charge in [0.05, 0.1) is 5.69 Å². The van der Waals surface area contributed by atoms with E-state index in [-0.39, 0.29) is 0 Å². The molecule has 2 heterocycles. The minimum atomic E-state index is 0.351. The Hall–Kier alpha value is -1.06. The Kier molecular flexibility index (Phi) is 2.67. The van der Waals surface area contributed by atoms with Crippen molar-refractivity contribution >= 4 is 23.2 Å². The van der Waals surface area contributed by atoms with Crippen molar-refractivity contribution in [3.05, 3.63) is 34.2 Å². The van der Waals surface area contributed by atoms with Gasteiger partial charge in [0.1, 0.15) is 10.3 Å². The van der Waals surface area contributed by atoms with E-state index in [1.54, 1.807) is 0 Å². The van der Waals surface area contributed by atoms with Gasteiger partial charge in [0.2, 0.25) is 0 Å². The van der Waals surface area contributed by atoms with Crippen LogP contribution in [0.1, 0.15) is 5.69 Å². The predicted octanol–water partition coefficient (Wildman–Crippen LogP) is 3.10. The Morgan fingerprint density at radius 2 is 1.73 bits per heavy atom. The average molecular weight is 242 g/mol. The number of aryl methyl sites for hydroxylation is 1. The summed E-state index contributed by atoms with van der Waals surface area (Å²) in [4.78, 5) is 8.25. The van der Waals surface area contributed by atoms with Crippen LogP contribution in [-0.4, -0.2) is 14.5 Å². The maximum Gasteiger partial charge on any atom is 0.179 e. The molecule has 0 saturated heterocycles. The fourth-order valence-corrected chi connectivity index (χ4v) is 1.77. The molecule has 0 atom stereocenters. The number of nitrogens with zero attached hydrogens (tertiary/aromatic N) is 3. The van der Waals surface area contributed by atoms with Gasteiger partial charge in [-0.25, -0.2) is 9.97 Å². The van der Waals surface area contributed by atoms with Gasteiger partial charge < -0.3 is 4.57 Å². The summed E-state index contributed by atoms with van der Waals surface area (Å²) in [5.41, 5.74) is 2.03. The van der Waals surface area contributed by atoms with Crippen LogP contribution < -0.4 is 0 Å². The second-order valence-corrected chi connectivity index (χ2v) is 4.03. The third-order valence-corrected chi connectivity index (χ3v) is 2.65. The maximum atomic E-state index is 5.81. The number of hydrogen-bond acceptors (Lipinski definition) is 2. The van der Waals surface area contributed by atoms with Crippen molar-refractivity contribution in [2.75, 3.05) is 0 Å². The summed E-state index contributed by atoms with van der Waals surface area (Å²) < 4.78 is 1.99. The summed E-state index contributed by atoms with van der Waals surface area (Å²) in [7, 11) is 1.95. The van der Waals surface area contributed by atoms with Crippen molar-refractivity contribution in [1.82, 2.24) is 14.5 Å². The normalized spacial score (nSPS) is 10.7. The van der Waals surface area contributed by atoms with Crippen LogP contribution in [0.2, 0.25) is 10.3 Å². The summed E-state index contributed by atoms with van der Waals surface area (Å²) in [6.45, 7) is 2.01. The van der Waals surface area contributed by atoms with Gasteiger partial charge in [-0.3, -0.25) is 0 Å². The Labute approximate surface area is 97.7 Å². The molecule has 2 rings (SSSR count). The largest absolute Gasteiger partial charge is 0.345 e. The van der Waals surface area contributed by atoms with Gasteiger partial charge in [-0.05, 0) is 19.1 Å². The molecule has 2 aromatic rings. The van der Waals surface area contributed by atoms with Crippen LogP contribution in [-0.2, 0) is 7.05 Å². The smallest absolute Gasteiger partial charge is 0.179 e. The summed E-state index contributed by atoms with van der Waals surface area (Å²) >= 11 is 11.6. The Morgan fingerprint density at radius 1 is 1.13 bits per heavy atom. The molecule has 15 heavy (non-hydrogen) atoms. The lowest BCUT2D eigenvalue weighted by Crippen LogP contribution is -1.98. The van der Waals surface area contributed by atoms with Crippen LogP contribution >= 0.6 is 23.2 Å². The summed E-state index contributed by atoms with van der Waals surface area (Å²) in [6.07, 6.45) is 0. The summed E-state index contributed by atoms with van der Waals surface area (Å²) in [5.74, 6) is 0.545. The van der Waals surface area contributed by atoms with Crippen molar-refractivity contribution in [1.29, 1.82) is 0 Å². The maximum absolute atomic E-state index is 5.81. The molecule has 0 amide bonds. The zero-order valence-electron chi connectivity index (χ0n) is 8.33. The molecule has 0 aliphatic carbocycles.